The topological polar surface area (TPSA) is 143 Å². The first-order valence-electron chi connectivity index (χ1n) is 15.2. The summed E-state index contributed by atoms with van der Waals surface area (Å²) in [4.78, 5) is 38.7. The predicted molar refractivity (Wildman–Crippen MR) is 174 cm³/mol. The van der Waals surface area contributed by atoms with Crippen molar-refractivity contribution in [3.8, 4) is 5.75 Å². The number of nitrogens with one attached hydrogen (secondary N) is 1. The van der Waals surface area contributed by atoms with Gasteiger partial charge in [0.1, 0.15) is 29.0 Å². The molecule has 0 spiro atoms. The molecular weight excluding hydrogens is 570 g/mol. The highest BCUT2D eigenvalue weighted by atomic mass is 16.6. The lowest BCUT2D eigenvalue weighted by molar-refractivity contribution is -0.160. The Balaban J connectivity index is 1.57. The molecule has 5 N–H and O–H groups in total. The Labute approximate surface area is 265 Å². The molecule has 0 aliphatic carbocycles. The lowest BCUT2D eigenvalue weighted by Gasteiger charge is -2.34. The number of rotatable bonds is 10. The number of benzene rings is 3. The zero-order valence-electron chi connectivity index (χ0n) is 27.2. The first kappa shape index (κ1) is 33.7. The van der Waals surface area contributed by atoms with Crippen LogP contribution in [0.15, 0.2) is 66.7 Å². The summed E-state index contributed by atoms with van der Waals surface area (Å²) in [6.45, 7) is 12.7. The van der Waals surface area contributed by atoms with E-state index in [0.717, 1.165) is 11.1 Å². The van der Waals surface area contributed by atoms with Crippen LogP contribution in [-0.2, 0) is 30.3 Å². The number of hydrogen-bond donors (Lipinski definition) is 3. The van der Waals surface area contributed by atoms with Crippen LogP contribution in [-0.4, -0.2) is 41.2 Å². The summed E-state index contributed by atoms with van der Waals surface area (Å²) in [5.74, 6) is -1.52. The monoisotopic (exact) mass is 615 g/mol. The van der Waals surface area contributed by atoms with E-state index in [9.17, 15) is 14.4 Å². The molecule has 0 saturated heterocycles. The molecule has 1 aliphatic heterocycles. The van der Waals surface area contributed by atoms with E-state index in [1.54, 1.807) is 59.7 Å². The highest BCUT2D eigenvalue weighted by Gasteiger charge is 2.37. The van der Waals surface area contributed by atoms with Crippen LogP contribution in [0, 0.1) is 6.92 Å². The van der Waals surface area contributed by atoms with E-state index in [4.69, 9.17) is 25.7 Å². The second-order valence-corrected chi connectivity index (χ2v) is 13.4. The summed E-state index contributed by atoms with van der Waals surface area (Å²) >= 11 is 0. The Bertz CT molecular complexity index is 1560. The molecule has 240 valence electrons. The van der Waals surface area contributed by atoms with Crippen molar-refractivity contribution < 1.29 is 28.6 Å². The summed E-state index contributed by atoms with van der Waals surface area (Å²) in [5.41, 5.74) is 16.4. The molecule has 9 nitrogen and oxygen atoms in total. The fraction of sp³-hybridized carbons (Fsp3) is 0.417. The molecule has 4 atom stereocenters. The molecule has 1 aliphatic rings. The Morgan fingerprint density at radius 1 is 0.911 bits per heavy atom. The number of amides is 1. The summed E-state index contributed by atoms with van der Waals surface area (Å²) in [7, 11) is 0. The number of hydrogen-bond acceptors (Lipinski definition) is 8. The molecule has 0 radical (unpaired) electrons. The van der Waals surface area contributed by atoms with E-state index in [1.165, 1.54) is 11.1 Å². The quantitative estimate of drug-likeness (QED) is 0.255. The number of carbonyl (C=O) groups is 3. The van der Waals surface area contributed by atoms with Gasteiger partial charge in [-0.2, -0.15) is 0 Å². The van der Waals surface area contributed by atoms with Gasteiger partial charge in [-0.15, -0.1) is 0 Å². The molecule has 0 saturated carbocycles. The first-order chi connectivity index (χ1) is 21.0. The molecule has 3 aromatic rings. The minimum Gasteiger partial charge on any atom is -0.479 e. The maximum absolute atomic E-state index is 13.4. The van der Waals surface area contributed by atoms with Gasteiger partial charge in [0.25, 0.3) is 5.91 Å². The molecule has 1 amide bonds. The van der Waals surface area contributed by atoms with Crippen LogP contribution in [0.2, 0.25) is 0 Å². The fourth-order valence-corrected chi connectivity index (χ4v) is 5.41. The second-order valence-electron chi connectivity index (χ2n) is 13.4. The van der Waals surface area contributed by atoms with Crippen molar-refractivity contribution in [3.05, 3.63) is 94.5 Å². The van der Waals surface area contributed by atoms with E-state index < -0.39 is 47.2 Å². The number of aryl methyl sites for hydroxylation is 1. The Morgan fingerprint density at radius 3 is 2.31 bits per heavy atom. The molecule has 4 unspecified atom stereocenters. The Kier molecular flexibility index (Phi) is 10.0. The van der Waals surface area contributed by atoms with Crippen LogP contribution < -0.4 is 21.5 Å². The normalized spacial score (nSPS) is 16.8. The van der Waals surface area contributed by atoms with Gasteiger partial charge in [0.15, 0.2) is 6.10 Å². The number of carbonyl (C=O) groups excluding carboxylic acids is 3. The zero-order valence-corrected chi connectivity index (χ0v) is 27.2. The van der Waals surface area contributed by atoms with E-state index in [2.05, 4.69) is 30.4 Å². The van der Waals surface area contributed by atoms with Crippen molar-refractivity contribution >= 4 is 23.5 Å². The predicted octanol–water partition coefficient (Wildman–Crippen LogP) is 5.47. The Hall–Kier alpha value is -4.21. The maximum atomic E-state index is 13.4. The summed E-state index contributed by atoms with van der Waals surface area (Å²) in [6, 6.07) is 19.0. The van der Waals surface area contributed by atoms with E-state index in [-0.39, 0.29) is 12.3 Å². The van der Waals surface area contributed by atoms with Crippen LogP contribution in [0.4, 0.5) is 5.69 Å². The zero-order chi connectivity index (χ0) is 33.1. The molecule has 0 aromatic heterocycles. The lowest BCUT2D eigenvalue weighted by atomic mass is 9.82. The molecule has 3 aromatic carbocycles. The summed E-state index contributed by atoms with van der Waals surface area (Å²) < 4.78 is 17.2. The standard InChI is InChI=1S/C36H45N3O6/c1-21-11-8-9-13-24(21)17-23-12-10-14-25(18-23)27(31(38)34(42)44-35(3,4)5)20-36(6,7)45-33(41)30(37)26-15-16-29-28(19-26)39-32(40)22(2)43-29/h8-16,18-19,22,27,30-31H,17,20,37-38H2,1-7H3,(H,39,40). The Morgan fingerprint density at radius 2 is 1.62 bits per heavy atom. The van der Waals surface area contributed by atoms with Gasteiger partial charge < -0.3 is 31.0 Å². The van der Waals surface area contributed by atoms with Crippen molar-refractivity contribution in [2.75, 3.05) is 5.32 Å². The van der Waals surface area contributed by atoms with E-state index in [1.807, 2.05) is 30.3 Å². The van der Waals surface area contributed by atoms with Gasteiger partial charge in [-0.05, 0) is 101 Å². The molecule has 0 fully saturated rings. The van der Waals surface area contributed by atoms with Crippen LogP contribution in [0.3, 0.4) is 0 Å². The average Bonchev–Trinajstić information content (AvgIpc) is 2.96. The largest absolute Gasteiger partial charge is 0.479 e. The van der Waals surface area contributed by atoms with Gasteiger partial charge in [-0.1, -0.05) is 54.6 Å². The highest BCUT2D eigenvalue weighted by molar-refractivity contribution is 5.97. The maximum Gasteiger partial charge on any atom is 0.328 e. The third kappa shape index (κ3) is 8.71. The molecule has 1 heterocycles. The van der Waals surface area contributed by atoms with Crippen molar-refractivity contribution in [3.63, 3.8) is 0 Å². The van der Waals surface area contributed by atoms with E-state index >= 15 is 0 Å². The average molecular weight is 616 g/mol. The second kappa shape index (κ2) is 13.4. The SMILES string of the molecule is Cc1ccccc1Cc1cccc(C(CC(C)(C)OC(=O)C(N)c2ccc3c(c2)NC(=O)C(C)O3)C(N)C(=O)OC(C)(C)C)c1. The smallest absolute Gasteiger partial charge is 0.328 e. The van der Waals surface area contributed by atoms with Crippen LogP contribution in [0.25, 0.3) is 0 Å². The van der Waals surface area contributed by atoms with Crippen molar-refractivity contribution in [1.82, 2.24) is 0 Å². The highest BCUT2D eigenvalue weighted by Crippen LogP contribution is 2.35. The molecule has 9 heteroatoms. The molecule has 45 heavy (non-hydrogen) atoms. The minimum atomic E-state index is -1.12. The minimum absolute atomic E-state index is 0.228. The van der Waals surface area contributed by atoms with Crippen molar-refractivity contribution in [2.45, 2.75) is 96.6 Å². The number of esters is 2. The number of ether oxygens (including phenoxy) is 3. The van der Waals surface area contributed by atoms with E-state index in [0.29, 0.717) is 23.4 Å². The van der Waals surface area contributed by atoms with Gasteiger partial charge >= 0.3 is 11.9 Å². The lowest BCUT2D eigenvalue weighted by Crippen LogP contribution is -2.44. The van der Waals surface area contributed by atoms with Crippen molar-refractivity contribution in [1.29, 1.82) is 0 Å². The van der Waals surface area contributed by atoms with Gasteiger partial charge in [-0.3, -0.25) is 9.59 Å². The third-order valence-corrected chi connectivity index (χ3v) is 7.78. The van der Waals surface area contributed by atoms with Crippen LogP contribution in [0.1, 0.15) is 87.7 Å². The number of anilines is 1. The third-order valence-electron chi connectivity index (χ3n) is 7.78. The van der Waals surface area contributed by atoms with Gasteiger partial charge in [0.05, 0.1) is 5.69 Å². The van der Waals surface area contributed by atoms with Crippen molar-refractivity contribution in [2.24, 2.45) is 11.5 Å². The number of fused-ring (bicyclic) bond motifs is 1. The fourth-order valence-electron chi connectivity index (χ4n) is 5.41. The molecule has 0 bridgehead atoms. The van der Waals surface area contributed by atoms with Gasteiger partial charge in [0, 0.05) is 5.92 Å². The van der Waals surface area contributed by atoms with Crippen LogP contribution in [0.5, 0.6) is 5.75 Å². The van der Waals surface area contributed by atoms with Gasteiger partial charge in [0.2, 0.25) is 0 Å². The van der Waals surface area contributed by atoms with Crippen LogP contribution >= 0.6 is 0 Å². The van der Waals surface area contributed by atoms with Gasteiger partial charge in [-0.25, -0.2) is 4.79 Å². The summed E-state index contributed by atoms with van der Waals surface area (Å²) in [6.07, 6.45) is 0.324. The first-order valence-corrected chi connectivity index (χ1v) is 15.2. The summed E-state index contributed by atoms with van der Waals surface area (Å²) in [5, 5.41) is 2.77. The number of nitrogens with two attached hydrogens (primary N) is 2. The molecule has 4 rings (SSSR count). The molecular formula is C36H45N3O6.